The van der Waals surface area contributed by atoms with E-state index in [2.05, 4.69) is 33.8 Å². The SMILES string of the molecule is CC(C)CCC[C@](C)(O)[C@H]1CC[C@H]2[C@@H]3C[C@H](O[C@@H]4O[C@H](C)[C@@H](O)[C@H](O[C@@H]5OC[C@@H](O[C@@H]6O[C@H](C)[C@H](O)[C@H](O)[C@H]6O[C@@H]6O[C@H](C)[C@@H](O)[C@H](O)[C@H]6O)[C@H](O)[C@H]5O[C@@H]5O[C@H](C)[C@@H](O)[C@H](O)[C@H]5O)[C@H]4O)[C@H]4C[C@@H](OS(=O)(=O)O)CC[C@]4(C)C3=CC[C@@]21C. The Labute approximate surface area is 485 Å². The van der Waals surface area contributed by atoms with Crippen molar-refractivity contribution in [3.63, 3.8) is 0 Å². The van der Waals surface area contributed by atoms with Gasteiger partial charge in [-0.25, -0.2) is 4.18 Å². The number of ether oxygens (including phenoxy) is 10. The van der Waals surface area contributed by atoms with Gasteiger partial charge in [-0.15, -0.1) is 0 Å². The summed E-state index contributed by atoms with van der Waals surface area (Å²) in [6.45, 7) is 15.9. The summed E-state index contributed by atoms with van der Waals surface area (Å²) in [5.41, 5.74) is -0.544. The van der Waals surface area contributed by atoms with Crippen molar-refractivity contribution in [1.29, 1.82) is 0 Å². The van der Waals surface area contributed by atoms with Gasteiger partial charge in [-0.2, -0.15) is 8.42 Å². The van der Waals surface area contributed by atoms with Crippen molar-refractivity contribution in [1.82, 2.24) is 0 Å². The van der Waals surface area contributed by atoms with Crippen LogP contribution in [0, 0.1) is 40.4 Å². The van der Waals surface area contributed by atoms with Crippen LogP contribution in [0.25, 0.3) is 0 Å². The first kappa shape index (κ1) is 66.2. The van der Waals surface area contributed by atoms with Crippen LogP contribution in [-0.2, 0) is 62.0 Å². The highest BCUT2D eigenvalue weighted by Gasteiger charge is 2.63. The number of hydrogen-bond acceptors (Lipinski definition) is 25. The minimum atomic E-state index is -4.85. The highest BCUT2D eigenvalue weighted by atomic mass is 32.3. The normalized spacial score (nSPS) is 52.3. The Kier molecular flexibility index (Phi) is 20.4. The lowest BCUT2D eigenvalue weighted by atomic mass is 9.47. The Morgan fingerprint density at radius 3 is 1.70 bits per heavy atom. The number of hydrogen-bond donors (Lipinski definition) is 13. The zero-order valence-electron chi connectivity index (χ0n) is 48.8. The molecule has 4 aliphatic carbocycles. The minimum Gasteiger partial charge on any atom is -0.390 e. The molecule has 0 bridgehead atoms. The molecule has 5 saturated heterocycles. The first-order valence-electron chi connectivity index (χ1n) is 29.8. The Balaban J connectivity index is 0.975. The monoisotopic (exact) mass is 1210 g/mol. The molecule has 0 aromatic rings. The van der Waals surface area contributed by atoms with E-state index in [-0.39, 0.29) is 29.6 Å². The van der Waals surface area contributed by atoms with Crippen LogP contribution < -0.4 is 0 Å². The molecule has 9 rings (SSSR count). The Hall–Kier alpha value is -1.27. The molecule has 26 nitrogen and oxygen atoms in total. The number of rotatable bonds is 17. The summed E-state index contributed by atoms with van der Waals surface area (Å²) in [6.07, 6.45) is -31.8. The molecule has 5 aliphatic heterocycles. The molecule has 83 heavy (non-hydrogen) atoms. The van der Waals surface area contributed by atoms with Crippen molar-refractivity contribution < 1.29 is 126 Å². The molecular formula is C56H94O26S. The van der Waals surface area contributed by atoms with Crippen LogP contribution in [0.4, 0.5) is 0 Å². The van der Waals surface area contributed by atoms with Gasteiger partial charge in [0.05, 0.1) is 48.8 Å². The quantitative estimate of drug-likeness (QED) is 0.0624. The lowest BCUT2D eigenvalue weighted by molar-refractivity contribution is -0.397. The van der Waals surface area contributed by atoms with Crippen molar-refractivity contribution in [2.45, 2.75) is 292 Å². The molecule has 0 unspecified atom stereocenters. The molecular weight excluding hydrogens is 1120 g/mol. The number of aliphatic hydroxyl groups is 12. The van der Waals surface area contributed by atoms with Gasteiger partial charge < -0.3 is 109 Å². The molecule has 3 saturated carbocycles. The molecule has 9 aliphatic rings. The molecule has 0 aromatic carbocycles. The first-order chi connectivity index (χ1) is 38.8. The van der Waals surface area contributed by atoms with E-state index in [0.717, 1.165) is 32.1 Å². The summed E-state index contributed by atoms with van der Waals surface area (Å²) in [5.74, 6) is 0.142. The second-order valence-electron chi connectivity index (χ2n) is 26.6. The smallest absolute Gasteiger partial charge is 0.390 e. The van der Waals surface area contributed by atoms with Gasteiger partial charge in [0.15, 0.2) is 31.5 Å². The highest BCUT2D eigenvalue weighted by Crippen LogP contribution is 2.67. The maximum absolute atomic E-state index is 12.4. The van der Waals surface area contributed by atoms with E-state index in [4.69, 9.17) is 51.6 Å². The highest BCUT2D eigenvalue weighted by molar-refractivity contribution is 7.80. The largest absolute Gasteiger partial charge is 0.397 e. The van der Waals surface area contributed by atoms with Gasteiger partial charge >= 0.3 is 10.4 Å². The van der Waals surface area contributed by atoms with E-state index in [1.165, 1.54) is 33.3 Å². The molecule has 5 heterocycles. The second-order valence-corrected chi connectivity index (χ2v) is 27.7. The van der Waals surface area contributed by atoms with E-state index in [9.17, 15) is 74.2 Å². The van der Waals surface area contributed by atoms with Gasteiger partial charge in [-0.05, 0) is 126 Å². The van der Waals surface area contributed by atoms with Gasteiger partial charge in [-0.1, -0.05) is 52.2 Å². The zero-order valence-corrected chi connectivity index (χ0v) is 49.6. The zero-order chi connectivity index (χ0) is 60.7. The van der Waals surface area contributed by atoms with Gasteiger partial charge in [0.25, 0.3) is 0 Å². The summed E-state index contributed by atoms with van der Waals surface area (Å²) in [7, 11) is -4.85. The molecule has 0 radical (unpaired) electrons. The standard InChI is InChI=1S/C56H94O26S/c1-22(2)11-10-16-56(9,68)34-13-12-29-28-20-32(31-19-27(82-83(69,70)71)14-17-54(31,7)30(28)15-18-55(29,34)8)77-51-45(67)46(38(60)26(6)75-51)79-52-47(80-49-43(65)40(62)35(57)23(3)73-49)39(61)33(21-72-52)78-53-48(42(64)37(59)25(5)76-53)81-50-44(66)41(63)36(58)24(4)74-50/h15,22-29,31-53,57-68H,10-14,16-21H2,1-9H3,(H,69,70,71)/t23-,24-,25-,26-,27+,28+,29+,31-,32+,33-,34+,35-,36-,37+,38-,39+,40+,41+,42+,43-,44-,45-,46+,47-,48-,49+,50+,51+,52+,53+,54-,55+,56+/m1/s1. The first-order valence-corrected chi connectivity index (χ1v) is 31.2. The van der Waals surface area contributed by atoms with Crippen LogP contribution in [0.15, 0.2) is 11.6 Å². The van der Waals surface area contributed by atoms with E-state index < -0.39 is 194 Å². The summed E-state index contributed by atoms with van der Waals surface area (Å²) in [4.78, 5) is 0. The lowest BCUT2D eigenvalue weighted by Crippen LogP contribution is -2.66. The predicted octanol–water partition coefficient (Wildman–Crippen LogP) is -0.828. The molecule has 8 fully saturated rings. The van der Waals surface area contributed by atoms with Gasteiger partial charge in [-0.3, -0.25) is 4.55 Å². The van der Waals surface area contributed by atoms with Crippen molar-refractivity contribution in [2.24, 2.45) is 40.4 Å². The third-order valence-corrected chi connectivity index (χ3v) is 21.0. The van der Waals surface area contributed by atoms with Crippen molar-refractivity contribution in [2.75, 3.05) is 6.61 Å². The van der Waals surface area contributed by atoms with E-state index in [1.807, 2.05) is 6.92 Å². The second kappa shape index (κ2) is 25.5. The maximum Gasteiger partial charge on any atom is 0.397 e. The van der Waals surface area contributed by atoms with Crippen LogP contribution in [0.3, 0.4) is 0 Å². The number of allylic oxidation sites excluding steroid dienone is 2. The van der Waals surface area contributed by atoms with Gasteiger partial charge in [0.1, 0.15) is 91.6 Å². The van der Waals surface area contributed by atoms with Crippen molar-refractivity contribution in [3.05, 3.63) is 11.6 Å². The van der Waals surface area contributed by atoms with Crippen LogP contribution in [0.5, 0.6) is 0 Å². The van der Waals surface area contributed by atoms with Crippen LogP contribution >= 0.6 is 0 Å². The average molecular weight is 1220 g/mol. The summed E-state index contributed by atoms with van der Waals surface area (Å²) >= 11 is 0. The Morgan fingerprint density at radius 1 is 0.602 bits per heavy atom. The van der Waals surface area contributed by atoms with Crippen molar-refractivity contribution >= 4 is 10.4 Å². The van der Waals surface area contributed by atoms with Gasteiger partial charge in [0, 0.05) is 0 Å². The van der Waals surface area contributed by atoms with Crippen LogP contribution in [-0.4, -0.2) is 246 Å². The van der Waals surface area contributed by atoms with Crippen LogP contribution in [0.1, 0.15) is 127 Å². The third kappa shape index (κ3) is 13.2. The molecule has 0 spiro atoms. The topological polar surface area (TPSA) is 399 Å². The maximum atomic E-state index is 12.4. The third-order valence-electron chi connectivity index (χ3n) is 20.5. The molecule has 0 aromatic heterocycles. The van der Waals surface area contributed by atoms with E-state index in [1.54, 1.807) is 0 Å². The molecule has 13 N–H and O–H groups in total. The fourth-order valence-electron chi connectivity index (χ4n) is 15.7. The fourth-order valence-corrected chi connectivity index (χ4v) is 16.2. The van der Waals surface area contributed by atoms with E-state index in [0.29, 0.717) is 31.6 Å². The molecule has 0 amide bonds. The number of aliphatic hydroxyl groups excluding tert-OH is 11. The Morgan fingerprint density at radius 2 is 1.12 bits per heavy atom. The van der Waals surface area contributed by atoms with Gasteiger partial charge in [0.2, 0.25) is 0 Å². The average Bonchev–Trinajstić information content (AvgIpc) is 2.27. The van der Waals surface area contributed by atoms with Crippen molar-refractivity contribution in [3.8, 4) is 0 Å². The van der Waals surface area contributed by atoms with E-state index >= 15 is 0 Å². The molecule has 33 atom stereocenters. The summed E-state index contributed by atoms with van der Waals surface area (Å²) in [6, 6.07) is 0. The Bertz CT molecular complexity index is 2320. The fraction of sp³-hybridized carbons (Fsp3) is 0.964. The molecule has 480 valence electrons. The molecule has 27 heteroatoms. The minimum absolute atomic E-state index is 0.00519. The predicted molar refractivity (Wildman–Crippen MR) is 284 cm³/mol. The summed E-state index contributed by atoms with van der Waals surface area (Å²) in [5, 5.41) is 135. The summed E-state index contributed by atoms with van der Waals surface area (Å²) < 4.78 is 101. The van der Waals surface area contributed by atoms with Crippen LogP contribution in [0.2, 0.25) is 0 Å². The number of fused-ring (bicyclic) bond motifs is 5. The lowest BCUT2D eigenvalue weighted by Gasteiger charge is -2.60.